The van der Waals surface area contributed by atoms with Crippen LogP contribution in [0.5, 0.6) is 0 Å². The first-order valence-corrected chi connectivity index (χ1v) is 20.3. The van der Waals surface area contributed by atoms with Gasteiger partial charge in [0.15, 0.2) is 0 Å². The lowest BCUT2D eigenvalue weighted by molar-refractivity contribution is 1.32. The van der Waals surface area contributed by atoms with Crippen molar-refractivity contribution in [2.75, 3.05) is 4.90 Å². The zero-order chi connectivity index (χ0) is 36.3. The minimum absolute atomic E-state index is 1.13. The average Bonchev–Trinajstić information content (AvgIpc) is 3.83. The molecule has 0 aliphatic carbocycles. The Morgan fingerprint density at radius 2 is 0.855 bits per heavy atom. The van der Waals surface area contributed by atoms with Gasteiger partial charge < -0.3 is 4.90 Å². The maximum Gasteiger partial charge on any atom is 0.0640 e. The topological polar surface area (TPSA) is 3.24 Å². The number of anilines is 3. The van der Waals surface area contributed by atoms with Crippen molar-refractivity contribution in [1.29, 1.82) is 0 Å². The zero-order valence-electron chi connectivity index (χ0n) is 29.8. The fourth-order valence-corrected chi connectivity index (χ4v) is 10.6. The van der Waals surface area contributed by atoms with Gasteiger partial charge in [-0.3, -0.25) is 0 Å². The molecule has 0 saturated carbocycles. The average molecular weight is 736 g/mol. The van der Waals surface area contributed by atoms with Crippen molar-refractivity contribution in [3.8, 4) is 33.4 Å². The Morgan fingerprint density at radius 3 is 1.58 bits per heavy atom. The summed E-state index contributed by atoms with van der Waals surface area (Å²) in [6.07, 6.45) is 0. The number of hydrogen-bond donors (Lipinski definition) is 0. The summed E-state index contributed by atoms with van der Waals surface area (Å²) in [5.74, 6) is 0. The van der Waals surface area contributed by atoms with Crippen molar-refractivity contribution in [3.63, 3.8) is 0 Å². The largest absolute Gasteiger partial charge is 0.308 e. The molecule has 2 aromatic heterocycles. The molecule has 2 heterocycles. The second-order valence-corrected chi connectivity index (χ2v) is 16.2. The van der Waals surface area contributed by atoms with Crippen molar-refractivity contribution in [1.82, 2.24) is 0 Å². The minimum Gasteiger partial charge on any atom is -0.308 e. The van der Waals surface area contributed by atoms with E-state index in [9.17, 15) is 0 Å². The van der Waals surface area contributed by atoms with Crippen molar-refractivity contribution in [2.45, 2.75) is 0 Å². The van der Waals surface area contributed by atoms with Crippen LogP contribution in [-0.4, -0.2) is 0 Å². The van der Waals surface area contributed by atoms with Crippen LogP contribution in [0.2, 0.25) is 0 Å². The van der Waals surface area contributed by atoms with E-state index in [1.54, 1.807) is 0 Å². The molecule has 9 aromatic carbocycles. The van der Waals surface area contributed by atoms with E-state index in [2.05, 4.69) is 205 Å². The summed E-state index contributed by atoms with van der Waals surface area (Å²) in [6, 6.07) is 73.3. The molecule has 258 valence electrons. The molecular weight excluding hydrogens is 703 g/mol. The molecule has 0 aliphatic heterocycles. The molecule has 0 spiro atoms. The first-order valence-electron chi connectivity index (χ1n) is 18.7. The van der Waals surface area contributed by atoms with Crippen LogP contribution in [0, 0.1) is 0 Å². The molecule has 0 bridgehead atoms. The molecule has 0 saturated heterocycles. The van der Waals surface area contributed by atoms with Gasteiger partial charge in [0.1, 0.15) is 0 Å². The van der Waals surface area contributed by atoms with E-state index in [0.717, 1.165) is 5.69 Å². The third kappa shape index (κ3) is 5.43. The van der Waals surface area contributed by atoms with Gasteiger partial charge in [-0.1, -0.05) is 158 Å². The van der Waals surface area contributed by atoms with E-state index in [1.807, 2.05) is 22.7 Å². The van der Waals surface area contributed by atoms with Crippen LogP contribution in [0.4, 0.5) is 17.1 Å². The molecule has 1 nitrogen and oxygen atoms in total. The highest BCUT2D eigenvalue weighted by Crippen LogP contribution is 2.49. The van der Waals surface area contributed by atoms with Crippen LogP contribution in [0.1, 0.15) is 0 Å². The second-order valence-electron chi connectivity index (χ2n) is 14.1. The molecule has 3 heteroatoms. The molecule has 0 N–H and O–H groups in total. The normalized spacial score (nSPS) is 11.6. The number of thiophene rings is 2. The number of benzene rings is 9. The molecule has 11 aromatic rings. The summed E-state index contributed by atoms with van der Waals surface area (Å²) in [7, 11) is 0. The molecule has 0 amide bonds. The Morgan fingerprint density at radius 1 is 0.309 bits per heavy atom. The molecule has 0 atom stereocenters. The van der Waals surface area contributed by atoms with Crippen LogP contribution in [0.3, 0.4) is 0 Å². The number of fused-ring (bicyclic) bond motifs is 7. The van der Waals surface area contributed by atoms with Gasteiger partial charge in [0.25, 0.3) is 0 Å². The zero-order valence-corrected chi connectivity index (χ0v) is 31.4. The van der Waals surface area contributed by atoms with Crippen molar-refractivity contribution < 1.29 is 0 Å². The lowest BCUT2D eigenvalue weighted by Crippen LogP contribution is -2.10. The van der Waals surface area contributed by atoms with E-state index in [1.165, 1.54) is 95.9 Å². The van der Waals surface area contributed by atoms with Gasteiger partial charge >= 0.3 is 0 Å². The van der Waals surface area contributed by atoms with Gasteiger partial charge in [0.2, 0.25) is 0 Å². The van der Waals surface area contributed by atoms with Crippen molar-refractivity contribution >= 4 is 90.9 Å². The highest BCUT2D eigenvalue weighted by molar-refractivity contribution is 7.27. The highest BCUT2D eigenvalue weighted by Gasteiger charge is 2.22. The van der Waals surface area contributed by atoms with E-state index in [4.69, 9.17) is 0 Å². The quantitative estimate of drug-likeness (QED) is 0.164. The predicted molar refractivity (Wildman–Crippen MR) is 241 cm³/mol. The van der Waals surface area contributed by atoms with Crippen molar-refractivity contribution in [3.05, 3.63) is 200 Å². The van der Waals surface area contributed by atoms with E-state index in [0.29, 0.717) is 0 Å². The maximum absolute atomic E-state index is 2.50. The fourth-order valence-electron chi connectivity index (χ4n) is 8.21. The molecular formula is C52H33NS2. The Balaban J connectivity index is 1.12. The molecule has 0 unspecified atom stereocenters. The van der Waals surface area contributed by atoms with E-state index < -0.39 is 0 Å². The van der Waals surface area contributed by atoms with Gasteiger partial charge in [0, 0.05) is 36.6 Å². The highest BCUT2D eigenvalue weighted by atomic mass is 32.1. The Kier molecular flexibility index (Phi) is 7.61. The third-order valence-electron chi connectivity index (χ3n) is 10.9. The van der Waals surface area contributed by atoms with Crippen LogP contribution in [0.25, 0.3) is 84.5 Å². The number of hydrogen-bond acceptors (Lipinski definition) is 3. The SMILES string of the molecule is c1ccc(-c2ccc3c(c2)sc2c(N(c4ccc(-c5cccc6ccccc56)cc4)c4cccc5c4sc4ccc(-c6ccccc6)cc45)cccc23)cc1. The van der Waals surface area contributed by atoms with Crippen LogP contribution < -0.4 is 4.90 Å². The van der Waals surface area contributed by atoms with Crippen molar-refractivity contribution in [2.24, 2.45) is 0 Å². The second kappa shape index (κ2) is 13.1. The Bertz CT molecular complexity index is 3170. The van der Waals surface area contributed by atoms with Gasteiger partial charge in [0.05, 0.1) is 20.8 Å². The van der Waals surface area contributed by atoms with Crippen LogP contribution in [0.15, 0.2) is 200 Å². The molecule has 0 fully saturated rings. The van der Waals surface area contributed by atoms with Crippen LogP contribution >= 0.6 is 22.7 Å². The number of nitrogens with zero attached hydrogens (tertiary/aromatic N) is 1. The summed E-state index contributed by atoms with van der Waals surface area (Å²) in [5.41, 5.74) is 10.9. The first kappa shape index (κ1) is 32.0. The standard InChI is InChI=1S/C52H33NS2/c1-3-12-34(13-4-1)38-27-31-49-46(32-38)45-21-11-23-48(52(45)54-49)53(40-28-24-37(25-29-40)42-19-9-17-36-16-7-8-18-41(36)42)47-22-10-20-44-43-30-26-39(33-50(43)55-51(44)47)35-14-5-2-6-15-35/h1-33H. The van der Waals surface area contributed by atoms with E-state index >= 15 is 0 Å². The molecule has 11 rings (SSSR count). The fraction of sp³-hybridized carbons (Fsp3) is 0. The lowest BCUT2D eigenvalue weighted by atomic mass is 9.98. The monoisotopic (exact) mass is 735 g/mol. The predicted octanol–water partition coefficient (Wildman–Crippen LogP) is 16.0. The minimum atomic E-state index is 1.13. The third-order valence-corrected chi connectivity index (χ3v) is 13.3. The summed E-state index contributed by atoms with van der Waals surface area (Å²) in [6.45, 7) is 0. The Hall–Kier alpha value is -6.52. The summed E-state index contributed by atoms with van der Waals surface area (Å²) in [4.78, 5) is 2.50. The first-order chi connectivity index (χ1) is 27.3. The number of rotatable bonds is 6. The molecule has 0 aliphatic rings. The van der Waals surface area contributed by atoms with Gasteiger partial charge in [-0.15, -0.1) is 22.7 Å². The summed E-state index contributed by atoms with van der Waals surface area (Å²) < 4.78 is 5.15. The molecule has 55 heavy (non-hydrogen) atoms. The lowest BCUT2D eigenvalue weighted by Gasteiger charge is -2.27. The summed E-state index contributed by atoms with van der Waals surface area (Å²) in [5, 5.41) is 7.67. The van der Waals surface area contributed by atoms with E-state index in [-0.39, 0.29) is 0 Å². The Labute approximate surface area is 327 Å². The maximum atomic E-state index is 2.50. The van der Waals surface area contributed by atoms with Crippen LogP contribution in [-0.2, 0) is 0 Å². The smallest absolute Gasteiger partial charge is 0.0640 e. The summed E-state index contributed by atoms with van der Waals surface area (Å²) >= 11 is 3.77. The van der Waals surface area contributed by atoms with Gasteiger partial charge in [-0.25, -0.2) is 0 Å². The van der Waals surface area contributed by atoms with Gasteiger partial charge in [-0.2, -0.15) is 0 Å². The molecule has 0 radical (unpaired) electrons. The van der Waals surface area contributed by atoms with Gasteiger partial charge in [-0.05, 0) is 86.6 Å².